The lowest BCUT2D eigenvalue weighted by molar-refractivity contribution is 0.481. The molecule has 0 amide bonds. The number of amidine groups is 3. The van der Waals surface area contributed by atoms with E-state index < -0.39 is 110 Å². The maximum Gasteiger partial charge on any atom is 0.296 e. The largest absolute Gasteiger partial charge is 0.383 e. The molecule has 5 heterocycles. The lowest BCUT2D eigenvalue weighted by atomic mass is 10.1. The van der Waals surface area contributed by atoms with Crippen molar-refractivity contribution in [3.05, 3.63) is 130 Å². The predicted molar refractivity (Wildman–Crippen MR) is 269 cm³/mol. The van der Waals surface area contributed by atoms with Crippen LogP contribution in [0.4, 0.5) is 34.9 Å². The zero-order valence-corrected chi connectivity index (χ0v) is 41.9. The monoisotopic (exact) mass is 1140 g/mol. The quantitative estimate of drug-likeness (QED) is 0.0927. The van der Waals surface area contributed by atoms with Crippen LogP contribution < -0.4 is 37.6 Å². The standard InChI is InChI=1S/C41H30ClN15O13S5/c42-39-54-40(44)56-41(55-39)47-22-15-18(13-14-23(22)73(62,63)64)57-72(60,61)25-10-2-6-19-29(25)36-46-16-17-5-1-9-24(71(45,58)59)28(17)32(43)48-33-20-7-3-11-26(74(65,66)67)30(20)37(50-33)52-35-21-8-4-12-27(75(68,69)70)31(21)38(53-35)51-34(19)49-36/h1-15,50,57H,16H2,(H2,43,48)(H2,45,58,59)(H,62,63,64)(H,65,66,67)(H,68,69,70)(H3,44,47,54,55,56)(H,46,49,51,52,53). The first kappa shape index (κ1) is 50.4. The van der Waals surface area contributed by atoms with Gasteiger partial charge in [-0.1, -0.05) is 48.5 Å². The number of hydrogen-bond acceptors (Lipinski definition) is 21. The summed E-state index contributed by atoms with van der Waals surface area (Å²) >= 11 is 5.89. The van der Waals surface area contributed by atoms with Gasteiger partial charge in [0.15, 0.2) is 11.7 Å². The van der Waals surface area contributed by atoms with Crippen molar-refractivity contribution < 1.29 is 55.7 Å². The number of aromatic amines is 2. The van der Waals surface area contributed by atoms with Crippen molar-refractivity contribution in [1.29, 1.82) is 0 Å². The second-order valence-corrected chi connectivity index (χ2v) is 23.7. The van der Waals surface area contributed by atoms with E-state index in [0.29, 0.717) is 0 Å². The Balaban J connectivity index is 1.25. The van der Waals surface area contributed by atoms with Crippen molar-refractivity contribution in [1.82, 2.24) is 24.9 Å². The summed E-state index contributed by atoms with van der Waals surface area (Å²) in [5.74, 6) is -2.68. The van der Waals surface area contributed by atoms with Crippen molar-refractivity contribution >= 4 is 136 Å². The molecule has 13 N–H and O–H groups in total. The number of nitrogens with one attached hydrogen (secondary N) is 4. The lowest BCUT2D eigenvalue weighted by Gasteiger charge is -2.14. The van der Waals surface area contributed by atoms with Gasteiger partial charge in [-0.15, -0.1) is 0 Å². The molecule has 0 atom stereocenters. The molecule has 28 nitrogen and oxygen atoms in total. The van der Waals surface area contributed by atoms with Gasteiger partial charge in [0.25, 0.3) is 40.4 Å². The molecule has 0 radical (unpaired) electrons. The number of aromatic nitrogens is 5. The smallest absolute Gasteiger partial charge is 0.296 e. The SMILES string of the molecule is NC1=Nc2[nH]c(c3c(S(=O)(=O)O)cccc23)N=C2N=C(N=c3[nH]c(c4c(S(=O)(=O)Nc5ccc(S(=O)(=O)O)c(Nc6nc(N)nc(Cl)n6)c5)cccc34)=NCc3cccc(S(N)(=O)=O)c31)c1c2cccc1S(=O)(=O)O. The third-order valence-electron chi connectivity index (χ3n) is 11.2. The molecule has 0 unspecified atom stereocenters. The highest BCUT2D eigenvalue weighted by atomic mass is 35.5. The van der Waals surface area contributed by atoms with Crippen molar-refractivity contribution in [3.63, 3.8) is 0 Å². The molecule has 75 heavy (non-hydrogen) atoms. The minimum atomic E-state index is -5.08. The number of halogens is 1. The summed E-state index contributed by atoms with van der Waals surface area (Å²) in [5.41, 5.74) is 10.4. The molecule has 0 spiro atoms. The number of nitrogen functional groups attached to an aromatic ring is 1. The van der Waals surface area contributed by atoms with Gasteiger partial charge in [-0.25, -0.2) is 41.9 Å². The number of aliphatic imine (C=N–C) groups is 3. The van der Waals surface area contributed by atoms with Crippen LogP contribution in [0, 0.1) is 0 Å². The minimum Gasteiger partial charge on any atom is -0.383 e. The molecule has 34 heteroatoms. The number of fused-ring (bicyclic) bond motifs is 15. The number of H-pyrrole nitrogens is 2. The van der Waals surface area contributed by atoms with E-state index in [0.717, 1.165) is 42.5 Å². The van der Waals surface area contributed by atoms with Gasteiger partial charge in [-0.2, -0.15) is 40.2 Å². The van der Waals surface area contributed by atoms with E-state index in [1.165, 1.54) is 48.5 Å². The van der Waals surface area contributed by atoms with Crippen LogP contribution in [-0.2, 0) is 56.9 Å². The fourth-order valence-corrected chi connectivity index (χ4v) is 12.5. The summed E-state index contributed by atoms with van der Waals surface area (Å²) in [6.45, 7) is -0.531. The fraction of sp³-hybridized carbons (Fsp3) is 0.0244. The molecule has 10 rings (SSSR count). The second kappa shape index (κ2) is 17.8. The molecule has 2 aliphatic rings. The van der Waals surface area contributed by atoms with Crippen LogP contribution >= 0.6 is 11.6 Å². The molecule has 6 bridgehead atoms. The van der Waals surface area contributed by atoms with Gasteiger partial charge in [-0.05, 0) is 59.6 Å². The molecule has 0 fully saturated rings. The van der Waals surface area contributed by atoms with E-state index >= 15 is 0 Å². The molecular weight excluding hydrogens is 1110 g/mol. The second-order valence-electron chi connectivity index (χ2n) is 16.0. The molecule has 0 aliphatic carbocycles. The Bertz CT molecular complexity index is 4680. The average Bonchev–Trinajstić information content (AvgIpc) is 3.96. The van der Waals surface area contributed by atoms with E-state index in [-0.39, 0.29) is 83.9 Å². The topological polar surface area (TPSA) is 466 Å². The first-order chi connectivity index (χ1) is 35.2. The van der Waals surface area contributed by atoms with Crippen LogP contribution in [0.15, 0.2) is 140 Å². The molecule has 8 aromatic rings. The molecule has 5 aromatic carbocycles. The lowest BCUT2D eigenvalue weighted by Crippen LogP contribution is -2.23. The van der Waals surface area contributed by atoms with E-state index in [9.17, 15) is 55.7 Å². The van der Waals surface area contributed by atoms with E-state index in [2.05, 4.69) is 59.9 Å². The summed E-state index contributed by atoms with van der Waals surface area (Å²) in [7, 11) is -24.6. The Hall–Kier alpha value is -8.12. The Morgan fingerprint density at radius 3 is 1.93 bits per heavy atom. The van der Waals surface area contributed by atoms with Crippen LogP contribution in [0.2, 0.25) is 5.28 Å². The van der Waals surface area contributed by atoms with Gasteiger partial charge in [-0.3, -0.25) is 23.4 Å². The Morgan fingerprint density at radius 1 is 0.587 bits per heavy atom. The highest BCUT2D eigenvalue weighted by Crippen LogP contribution is 2.40. The number of rotatable bonds is 9. The number of hydrogen-bond donors (Lipinski definition) is 10. The van der Waals surface area contributed by atoms with Crippen LogP contribution in [0.5, 0.6) is 0 Å². The van der Waals surface area contributed by atoms with Crippen molar-refractivity contribution in [2.24, 2.45) is 35.8 Å². The number of nitrogens with two attached hydrogens (primary N) is 3. The van der Waals surface area contributed by atoms with Crippen LogP contribution in [0.25, 0.3) is 21.5 Å². The van der Waals surface area contributed by atoms with Gasteiger partial charge in [0.1, 0.15) is 43.1 Å². The first-order valence-electron chi connectivity index (χ1n) is 20.7. The van der Waals surface area contributed by atoms with E-state index in [4.69, 9.17) is 28.2 Å². The maximum atomic E-state index is 14.7. The van der Waals surface area contributed by atoms with Crippen molar-refractivity contribution in [2.75, 3.05) is 15.8 Å². The van der Waals surface area contributed by atoms with Gasteiger partial charge in [0, 0.05) is 32.7 Å². The van der Waals surface area contributed by atoms with Crippen LogP contribution in [-0.4, -0.2) is 98.2 Å². The predicted octanol–water partition coefficient (Wildman–Crippen LogP) is 2.33. The first-order valence-corrected chi connectivity index (χ1v) is 28.4. The van der Waals surface area contributed by atoms with Crippen LogP contribution in [0.3, 0.4) is 0 Å². The van der Waals surface area contributed by atoms with Gasteiger partial charge in [0.05, 0.1) is 33.3 Å². The average molecular weight is 1140 g/mol. The summed E-state index contributed by atoms with van der Waals surface area (Å²) in [4.78, 5) is 36.7. The molecule has 0 saturated heterocycles. The van der Waals surface area contributed by atoms with Crippen molar-refractivity contribution in [3.8, 4) is 0 Å². The van der Waals surface area contributed by atoms with Gasteiger partial charge >= 0.3 is 0 Å². The maximum absolute atomic E-state index is 14.7. The highest BCUT2D eigenvalue weighted by Gasteiger charge is 2.32. The van der Waals surface area contributed by atoms with Crippen LogP contribution in [0.1, 0.15) is 22.3 Å². The number of primary sulfonamides is 1. The number of benzene rings is 5. The van der Waals surface area contributed by atoms with Crippen molar-refractivity contribution in [2.45, 2.75) is 31.0 Å². The van der Waals surface area contributed by atoms with E-state index in [1.54, 1.807) is 0 Å². The summed E-state index contributed by atoms with van der Waals surface area (Å²) in [5, 5.41) is 7.27. The number of sulfonamides is 2. The highest BCUT2D eigenvalue weighted by molar-refractivity contribution is 7.93. The Morgan fingerprint density at radius 2 is 1.24 bits per heavy atom. The van der Waals surface area contributed by atoms with Gasteiger partial charge < -0.3 is 26.8 Å². The zero-order chi connectivity index (χ0) is 53.7. The molecule has 0 saturated carbocycles. The third kappa shape index (κ3) is 9.43. The van der Waals surface area contributed by atoms with Gasteiger partial charge in [0.2, 0.25) is 27.2 Å². The normalized spacial score (nSPS) is 14.2. The fourth-order valence-electron chi connectivity index (χ4n) is 8.25. The Labute approximate surface area is 426 Å². The zero-order valence-electron chi connectivity index (χ0n) is 37.0. The van der Waals surface area contributed by atoms with E-state index in [1.807, 2.05) is 0 Å². The molecule has 384 valence electrons. The molecular formula is C41H30ClN15O13S5. The molecule has 3 aromatic heterocycles. The number of nitrogens with zero attached hydrogens (tertiary/aromatic N) is 8. The minimum absolute atomic E-state index is 0.0251. The summed E-state index contributed by atoms with van der Waals surface area (Å²) in [6, 6.07) is 17.9. The Kier molecular flexibility index (Phi) is 12.0. The third-order valence-corrected chi connectivity index (χ3v) is 16.4. The number of anilines is 4. The summed E-state index contributed by atoms with van der Waals surface area (Å²) in [6.07, 6.45) is 0. The molecule has 2 aliphatic heterocycles. The summed E-state index contributed by atoms with van der Waals surface area (Å²) < 4.78 is 166.